The third-order valence-electron chi connectivity index (χ3n) is 4.32. The number of likely N-dealkylation sites (N-methyl/N-ethyl adjacent to an activating group) is 1. The van der Waals surface area contributed by atoms with Gasteiger partial charge in [0.1, 0.15) is 6.04 Å². The van der Waals surface area contributed by atoms with E-state index in [1.807, 2.05) is 11.8 Å². The van der Waals surface area contributed by atoms with Gasteiger partial charge in [0.05, 0.1) is 6.42 Å². The van der Waals surface area contributed by atoms with Gasteiger partial charge in [0.25, 0.3) is 5.91 Å². The molecule has 0 radical (unpaired) electrons. The molecule has 7 heteroatoms. The summed E-state index contributed by atoms with van der Waals surface area (Å²) in [7, 11) is 0. The van der Waals surface area contributed by atoms with E-state index in [0.29, 0.717) is 13.1 Å². The van der Waals surface area contributed by atoms with Crippen molar-refractivity contribution < 1.29 is 14.4 Å². The molecule has 0 saturated carbocycles. The van der Waals surface area contributed by atoms with Crippen molar-refractivity contribution in [3.05, 3.63) is 0 Å². The fourth-order valence-electron chi connectivity index (χ4n) is 2.99. The Bertz CT molecular complexity index is 441. The normalized spacial score (nSPS) is 23.6. The van der Waals surface area contributed by atoms with Crippen molar-refractivity contribution in [2.45, 2.75) is 39.2 Å². The van der Waals surface area contributed by atoms with Crippen LogP contribution in [0.4, 0.5) is 4.79 Å². The highest BCUT2D eigenvalue weighted by atomic mass is 16.2. The Morgan fingerprint density at radius 3 is 2.64 bits per heavy atom. The van der Waals surface area contributed by atoms with E-state index in [-0.39, 0.29) is 24.3 Å². The molecule has 0 aliphatic carbocycles. The molecule has 2 rings (SSSR count). The van der Waals surface area contributed by atoms with Gasteiger partial charge in [0.2, 0.25) is 5.91 Å². The Balaban J connectivity index is 1.89. The Morgan fingerprint density at radius 2 is 1.95 bits per heavy atom. The summed E-state index contributed by atoms with van der Waals surface area (Å²) in [6.45, 7) is 8.72. The molecule has 1 N–H and O–H groups in total. The summed E-state index contributed by atoms with van der Waals surface area (Å²) in [5.74, 6) is -0.319. The van der Waals surface area contributed by atoms with Gasteiger partial charge < -0.3 is 15.1 Å². The van der Waals surface area contributed by atoms with Gasteiger partial charge in [-0.25, -0.2) is 4.79 Å². The van der Waals surface area contributed by atoms with E-state index in [9.17, 15) is 14.4 Å². The number of carbonyl (C=O) groups is 3. The Hall–Kier alpha value is -1.63. The maximum Gasteiger partial charge on any atom is 0.324 e. The highest BCUT2D eigenvalue weighted by Crippen LogP contribution is 2.13. The van der Waals surface area contributed by atoms with Crippen molar-refractivity contribution in [1.82, 2.24) is 20.0 Å². The first-order valence-electron chi connectivity index (χ1n) is 8.18. The SMILES string of the molecule is CCCN1C(=O)N[C@@H](CC(=O)N2CCCN(CC)CC2)C1=O. The molecule has 2 aliphatic rings. The van der Waals surface area contributed by atoms with Gasteiger partial charge >= 0.3 is 6.03 Å². The molecule has 1 atom stereocenters. The zero-order chi connectivity index (χ0) is 16.1. The fraction of sp³-hybridized carbons (Fsp3) is 0.800. The summed E-state index contributed by atoms with van der Waals surface area (Å²) in [6.07, 6.45) is 1.74. The van der Waals surface area contributed by atoms with E-state index in [2.05, 4.69) is 17.1 Å². The number of nitrogens with zero attached hydrogens (tertiary/aromatic N) is 3. The van der Waals surface area contributed by atoms with Crippen molar-refractivity contribution in [1.29, 1.82) is 0 Å². The summed E-state index contributed by atoms with van der Waals surface area (Å²) >= 11 is 0. The van der Waals surface area contributed by atoms with Crippen molar-refractivity contribution in [2.24, 2.45) is 0 Å². The van der Waals surface area contributed by atoms with E-state index in [0.717, 1.165) is 39.0 Å². The maximum atomic E-state index is 12.4. The second kappa shape index (κ2) is 7.58. The van der Waals surface area contributed by atoms with E-state index in [4.69, 9.17) is 0 Å². The molecule has 0 spiro atoms. The molecule has 2 saturated heterocycles. The van der Waals surface area contributed by atoms with Crippen molar-refractivity contribution in [3.8, 4) is 0 Å². The van der Waals surface area contributed by atoms with E-state index in [1.54, 1.807) is 0 Å². The van der Waals surface area contributed by atoms with Crippen LogP contribution in [-0.2, 0) is 9.59 Å². The lowest BCUT2D eigenvalue weighted by Crippen LogP contribution is -2.40. The third-order valence-corrected chi connectivity index (χ3v) is 4.32. The van der Waals surface area contributed by atoms with Crippen molar-refractivity contribution in [3.63, 3.8) is 0 Å². The summed E-state index contributed by atoms with van der Waals surface area (Å²) in [4.78, 5) is 41.6. The van der Waals surface area contributed by atoms with Gasteiger partial charge in [-0.2, -0.15) is 0 Å². The molecule has 0 aromatic heterocycles. The van der Waals surface area contributed by atoms with E-state index in [1.165, 1.54) is 4.90 Å². The molecule has 22 heavy (non-hydrogen) atoms. The molecule has 7 nitrogen and oxygen atoms in total. The topological polar surface area (TPSA) is 73.0 Å². The summed E-state index contributed by atoms with van der Waals surface area (Å²) in [5.41, 5.74) is 0. The van der Waals surface area contributed by atoms with Gasteiger partial charge in [-0.05, 0) is 25.9 Å². The molecule has 0 aromatic carbocycles. The predicted molar refractivity (Wildman–Crippen MR) is 82.3 cm³/mol. The molecule has 0 bridgehead atoms. The number of rotatable bonds is 5. The minimum absolute atomic E-state index is 0.0463. The Morgan fingerprint density at radius 1 is 1.18 bits per heavy atom. The van der Waals surface area contributed by atoms with Crippen molar-refractivity contribution >= 4 is 17.8 Å². The molecule has 0 aromatic rings. The van der Waals surface area contributed by atoms with Crippen LogP contribution in [-0.4, -0.2) is 77.9 Å². The standard InChI is InChI=1S/C15H26N4O3/c1-3-6-19-14(21)12(16-15(19)22)11-13(20)18-8-5-7-17(4-2)9-10-18/h12H,3-11H2,1-2H3,(H,16,22)/t12-/m0/s1. The van der Waals surface area contributed by atoms with Gasteiger partial charge in [-0.15, -0.1) is 0 Å². The highest BCUT2D eigenvalue weighted by Gasteiger charge is 2.39. The molecule has 2 aliphatic heterocycles. The van der Waals surface area contributed by atoms with Gasteiger partial charge in [0, 0.05) is 26.2 Å². The molecular weight excluding hydrogens is 284 g/mol. The number of nitrogens with one attached hydrogen (secondary N) is 1. The van der Waals surface area contributed by atoms with Crippen LogP contribution < -0.4 is 5.32 Å². The van der Waals surface area contributed by atoms with Crippen LogP contribution in [0.15, 0.2) is 0 Å². The number of hydrogen-bond donors (Lipinski definition) is 1. The lowest BCUT2D eigenvalue weighted by Gasteiger charge is -2.22. The first-order valence-corrected chi connectivity index (χ1v) is 8.18. The van der Waals surface area contributed by atoms with Gasteiger partial charge in [0.15, 0.2) is 0 Å². The number of urea groups is 1. The third kappa shape index (κ3) is 3.76. The molecular formula is C15H26N4O3. The summed E-state index contributed by atoms with van der Waals surface area (Å²) in [6, 6.07) is -1.07. The summed E-state index contributed by atoms with van der Waals surface area (Å²) in [5, 5.41) is 2.62. The van der Waals surface area contributed by atoms with Crippen LogP contribution in [0.25, 0.3) is 0 Å². The quantitative estimate of drug-likeness (QED) is 0.739. The molecule has 0 unspecified atom stereocenters. The van der Waals surface area contributed by atoms with E-state index < -0.39 is 6.04 Å². The number of amides is 4. The lowest BCUT2D eigenvalue weighted by molar-refractivity contribution is -0.135. The number of carbonyl (C=O) groups excluding carboxylic acids is 3. The van der Waals surface area contributed by atoms with Gasteiger partial charge in [-0.3, -0.25) is 14.5 Å². The fourth-order valence-corrected chi connectivity index (χ4v) is 2.99. The predicted octanol–water partition coefficient (Wildman–Crippen LogP) is 0.261. The van der Waals surface area contributed by atoms with Gasteiger partial charge in [-0.1, -0.05) is 13.8 Å². The van der Waals surface area contributed by atoms with Crippen LogP contribution >= 0.6 is 0 Å². The smallest absolute Gasteiger partial charge is 0.324 e. The average molecular weight is 310 g/mol. The average Bonchev–Trinajstić information content (AvgIpc) is 2.71. The first-order chi connectivity index (χ1) is 10.6. The van der Waals surface area contributed by atoms with Crippen LogP contribution in [0.3, 0.4) is 0 Å². The van der Waals surface area contributed by atoms with E-state index >= 15 is 0 Å². The lowest BCUT2D eigenvalue weighted by atomic mass is 10.2. The minimum Gasteiger partial charge on any atom is -0.341 e. The van der Waals surface area contributed by atoms with Crippen molar-refractivity contribution in [2.75, 3.05) is 39.3 Å². The Labute approximate surface area is 131 Å². The minimum atomic E-state index is -0.697. The monoisotopic (exact) mass is 310 g/mol. The first kappa shape index (κ1) is 16.7. The van der Waals surface area contributed by atoms with Crippen LogP contribution in [0, 0.1) is 0 Å². The van der Waals surface area contributed by atoms with Crippen LogP contribution in [0.2, 0.25) is 0 Å². The Kier molecular flexibility index (Phi) is 5.76. The van der Waals surface area contributed by atoms with Crippen LogP contribution in [0.1, 0.15) is 33.1 Å². The van der Waals surface area contributed by atoms with Crippen LogP contribution in [0.5, 0.6) is 0 Å². The highest BCUT2D eigenvalue weighted by molar-refractivity contribution is 6.05. The zero-order valence-corrected chi connectivity index (χ0v) is 13.5. The molecule has 124 valence electrons. The molecule has 2 heterocycles. The maximum absolute atomic E-state index is 12.4. The second-order valence-electron chi connectivity index (χ2n) is 5.86. The second-order valence-corrected chi connectivity index (χ2v) is 5.86. The molecule has 4 amide bonds. The number of imide groups is 1. The number of hydrogen-bond acceptors (Lipinski definition) is 4. The zero-order valence-electron chi connectivity index (χ0n) is 13.5. The molecule has 2 fully saturated rings. The largest absolute Gasteiger partial charge is 0.341 e. The summed E-state index contributed by atoms with van der Waals surface area (Å²) < 4.78 is 0.